The van der Waals surface area contributed by atoms with Crippen LogP contribution in [0.25, 0.3) is 11.1 Å². The molecule has 5 heteroatoms. The predicted molar refractivity (Wildman–Crippen MR) is 69.1 cm³/mol. The quantitative estimate of drug-likeness (QED) is 0.787. The summed E-state index contributed by atoms with van der Waals surface area (Å²) in [6.07, 6.45) is 1.56. The van der Waals surface area contributed by atoms with E-state index in [2.05, 4.69) is 5.10 Å². The molecule has 2 aromatic rings. The molecule has 0 spiro atoms. The topological polar surface area (TPSA) is 60.9 Å². The van der Waals surface area contributed by atoms with Crippen LogP contribution in [0.2, 0.25) is 5.02 Å². The molecule has 0 aliphatic carbocycles. The number of hydrogen-bond acceptors (Lipinski definition) is 3. The number of aryl methyl sites for hydroxylation is 2. The zero-order valence-corrected chi connectivity index (χ0v) is 10.3. The van der Waals surface area contributed by atoms with Gasteiger partial charge in [-0.3, -0.25) is 4.79 Å². The highest BCUT2D eigenvalue weighted by Crippen LogP contribution is 2.29. The van der Waals surface area contributed by atoms with Crippen molar-refractivity contribution in [1.29, 1.82) is 0 Å². The van der Waals surface area contributed by atoms with Crippen molar-refractivity contribution >= 4 is 17.3 Å². The molecule has 88 valence electrons. The first kappa shape index (κ1) is 11.7. The van der Waals surface area contributed by atoms with Gasteiger partial charge in [-0.1, -0.05) is 11.6 Å². The Kier molecular flexibility index (Phi) is 2.90. The van der Waals surface area contributed by atoms with Crippen molar-refractivity contribution in [2.24, 2.45) is 7.05 Å². The SMILES string of the molecule is Cc1cc(Cl)c(-c2ccnn(C)c2=O)cc1N. The van der Waals surface area contributed by atoms with Gasteiger partial charge in [0.15, 0.2) is 0 Å². The number of hydrogen-bond donors (Lipinski definition) is 1. The summed E-state index contributed by atoms with van der Waals surface area (Å²) in [6, 6.07) is 5.11. The van der Waals surface area contributed by atoms with Crippen molar-refractivity contribution in [3.05, 3.63) is 45.3 Å². The predicted octanol–water partition coefficient (Wildman–Crippen LogP) is 1.99. The van der Waals surface area contributed by atoms with Crippen LogP contribution in [0.4, 0.5) is 5.69 Å². The maximum Gasteiger partial charge on any atom is 0.274 e. The molecule has 0 aliphatic heterocycles. The zero-order chi connectivity index (χ0) is 12.6. The van der Waals surface area contributed by atoms with Gasteiger partial charge in [0.25, 0.3) is 5.56 Å². The molecule has 0 atom stereocenters. The minimum absolute atomic E-state index is 0.197. The van der Waals surface area contributed by atoms with Crippen LogP contribution in [0.5, 0.6) is 0 Å². The molecule has 0 saturated heterocycles. The van der Waals surface area contributed by atoms with Crippen molar-refractivity contribution in [1.82, 2.24) is 9.78 Å². The number of aromatic nitrogens is 2. The Balaban J connectivity index is 2.73. The van der Waals surface area contributed by atoms with Crippen LogP contribution in [0.15, 0.2) is 29.2 Å². The number of nitrogen functional groups attached to an aromatic ring is 1. The fourth-order valence-corrected chi connectivity index (χ4v) is 1.93. The molecule has 1 aromatic carbocycles. The van der Waals surface area contributed by atoms with E-state index in [1.54, 1.807) is 31.4 Å². The molecule has 2 N–H and O–H groups in total. The van der Waals surface area contributed by atoms with Crippen LogP contribution in [0.1, 0.15) is 5.56 Å². The number of anilines is 1. The molecule has 1 aromatic heterocycles. The van der Waals surface area contributed by atoms with E-state index in [4.69, 9.17) is 17.3 Å². The van der Waals surface area contributed by atoms with Crippen LogP contribution < -0.4 is 11.3 Å². The lowest BCUT2D eigenvalue weighted by Gasteiger charge is -2.08. The van der Waals surface area contributed by atoms with Crippen molar-refractivity contribution in [2.75, 3.05) is 5.73 Å². The lowest BCUT2D eigenvalue weighted by Crippen LogP contribution is -2.20. The first-order valence-electron chi connectivity index (χ1n) is 5.09. The van der Waals surface area contributed by atoms with E-state index in [-0.39, 0.29) is 5.56 Å². The maximum absolute atomic E-state index is 11.9. The minimum atomic E-state index is -0.197. The largest absolute Gasteiger partial charge is 0.398 e. The minimum Gasteiger partial charge on any atom is -0.398 e. The highest BCUT2D eigenvalue weighted by Gasteiger charge is 2.10. The van der Waals surface area contributed by atoms with E-state index in [0.29, 0.717) is 21.8 Å². The number of halogens is 1. The van der Waals surface area contributed by atoms with Gasteiger partial charge in [-0.2, -0.15) is 5.10 Å². The summed E-state index contributed by atoms with van der Waals surface area (Å²) in [4.78, 5) is 11.9. The Morgan fingerprint density at radius 1 is 1.35 bits per heavy atom. The molecule has 0 fully saturated rings. The van der Waals surface area contributed by atoms with Crippen molar-refractivity contribution in [3.8, 4) is 11.1 Å². The summed E-state index contributed by atoms with van der Waals surface area (Å²) < 4.78 is 1.27. The molecule has 0 radical (unpaired) electrons. The Morgan fingerprint density at radius 3 is 2.76 bits per heavy atom. The average Bonchev–Trinajstić information content (AvgIpc) is 2.28. The first-order chi connectivity index (χ1) is 8.00. The number of nitrogens with two attached hydrogens (primary N) is 1. The number of benzene rings is 1. The number of nitrogens with zero attached hydrogens (tertiary/aromatic N) is 2. The van der Waals surface area contributed by atoms with E-state index in [1.165, 1.54) is 4.68 Å². The third-order valence-corrected chi connectivity index (χ3v) is 2.96. The van der Waals surface area contributed by atoms with Gasteiger partial charge in [-0.15, -0.1) is 0 Å². The fourth-order valence-electron chi connectivity index (χ4n) is 1.61. The fraction of sp³-hybridized carbons (Fsp3) is 0.167. The molecular weight excluding hydrogens is 238 g/mol. The van der Waals surface area contributed by atoms with Crippen molar-refractivity contribution < 1.29 is 0 Å². The summed E-state index contributed by atoms with van der Waals surface area (Å²) in [6.45, 7) is 1.87. The van der Waals surface area contributed by atoms with Gasteiger partial charge in [0.1, 0.15) is 0 Å². The summed E-state index contributed by atoms with van der Waals surface area (Å²) in [5, 5.41) is 4.38. The second-order valence-electron chi connectivity index (χ2n) is 3.86. The summed E-state index contributed by atoms with van der Waals surface area (Å²) in [7, 11) is 1.59. The molecule has 0 bridgehead atoms. The smallest absolute Gasteiger partial charge is 0.274 e. The van der Waals surface area contributed by atoms with Gasteiger partial charge in [-0.05, 0) is 30.7 Å². The summed E-state index contributed by atoms with van der Waals surface area (Å²) in [5.41, 5.74) is 8.28. The van der Waals surface area contributed by atoms with E-state index in [9.17, 15) is 4.79 Å². The Morgan fingerprint density at radius 2 is 2.06 bits per heavy atom. The highest BCUT2D eigenvalue weighted by atomic mass is 35.5. The molecule has 0 unspecified atom stereocenters. The van der Waals surface area contributed by atoms with Crippen LogP contribution in [-0.2, 0) is 7.05 Å². The molecule has 1 heterocycles. The van der Waals surface area contributed by atoms with E-state index >= 15 is 0 Å². The van der Waals surface area contributed by atoms with E-state index < -0.39 is 0 Å². The lowest BCUT2D eigenvalue weighted by atomic mass is 10.0. The van der Waals surface area contributed by atoms with Crippen LogP contribution >= 0.6 is 11.6 Å². The molecule has 0 saturated carbocycles. The summed E-state index contributed by atoms with van der Waals surface area (Å²) in [5.74, 6) is 0. The van der Waals surface area contributed by atoms with Gasteiger partial charge in [0.2, 0.25) is 0 Å². The van der Waals surface area contributed by atoms with Crippen LogP contribution in [0, 0.1) is 6.92 Å². The molecule has 0 aliphatic rings. The Bertz CT molecular complexity index is 634. The van der Waals surface area contributed by atoms with E-state index in [1.807, 2.05) is 6.92 Å². The molecule has 0 amide bonds. The standard InChI is InChI=1S/C12H12ClN3O/c1-7-5-10(13)9(6-11(7)14)8-3-4-15-16(2)12(8)17/h3-6H,14H2,1-2H3. The van der Waals surface area contributed by atoms with Gasteiger partial charge >= 0.3 is 0 Å². The Labute approximate surface area is 104 Å². The summed E-state index contributed by atoms with van der Waals surface area (Å²) >= 11 is 6.14. The second kappa shape index (κ2) is 4.22. The van der Waals surface area contributed by atoms with Crippen molar-refractivity contribution in [3.63, 3.8) is 0 Å². The highest BCUT2D eigenvalue weighted by molar-refractivity contribution is 6.33. The lowest BCUT2D eigenvalue weighted by molar-refractivity contribution is 0.709. The van der Waals surface area contributed by atoms with Crippen LogP contribution in [0.3, 0.4) is 0 Å². The monoisotopic (exact) mass is 249 g/mol. The van der Waals surface area contributed by atoms with Gasteiger partial charge in [0.05, 0.1) is 5.56 Å². The van der Waals surface area contributed by atoms with Gasteiger partial charge < -0.3 is 5.73 Å². The zero-order valence-electron chi connectivity index (χ0n) is 9.57. The average molecular weight is 250 g/mol. The van der Waals surface area contributed by atoms with E-state index in [0.717, 1.165) is 5.56 Å². The molecule has 2 rings (SSSR count). The Hall–Kier alpha value is -1.81. The molecule has 4 nitrogen and oxygen atoms in total. The van der Waals surface area contributed by atoms with Gasteiger partial charge in [-0.25, -0.2) is 4.68 Å². The molecule has 17 heavy (non-hydrogen) atoms. The second-order valence-corrected chi connectivity index (χ2v) is 4.27. The maximum atomic E-state index is 11.9. The molecular formula is C12H12ClN3O. The van der Waals surface area contributed by atoms with Gasteiger partial charge in [0, 0.05) is 29.5 Å². The third kappa shape index (κ3) is 2.03. The van der Waals surface area contributed by atoms with Crippen LogP contribution in [-0.4, -0.2) is 9.78 Å². The number of rotatable bonds is 1. The van der Waals surface area contributed by atoms with Crippen molar-refractivity contribution in [2.45, 2.75) is 6.92 Å². The normalized spacial score (nSPS) is 10.5. The third-order valence-electron chi connectivity index (χ3n) is 2.65. The first-order valence-corrected chi connectivity index (χ1v) is 5.47.